The first-order valence-electron chi connectivity index (χ1n) is 12.7. The molecule has 1 amide bonds. The number of piperidine rings is 1. The summed E-state index contributed by atoms with van der Waals surface area (Å²) in [4.78, 5) is 19.6. The lowest BCUT2D eigenvalue weighted by Gasteiger charge is -2.32. The smallest absolute Gasteiger partial charge is 0.246 e. The van der Waals surface area contributed by atoms with Crippen LogP contribution in [0.15, 0.2) is 78.9 Å². The van der Waals surface area contributed by atoms with Crippen molar-refractivity contribution in [3.8, 4) is 17.2 Å². The van der Waals surface area contributed by atoms with Gasteiger partial charge in [-0.1, -0.05) is 36.4 Å². The van der Waals surface area contributed by atoms with E-state index in [9.17, 15) is 4.79 Å². The SMILES string of the molecule is O=C(/C=C/c1ccc2c(c1)OCO2)N1CCC(Cn2c(COc3ccccc3)nc3ccccc32)CC1. The number of rotatable bonds is 7. The quantitative estimate of drug-likeness (QED) is 0.326. The Labute approximate surface area is 215 Å². The van der Waals surface area contributed by atoms with Gasteiger partial charge >= 0.3 is 0 Å². The minimum atomic E-state index is 0.0427. The molecular weight excluding hydrogens is 466 g/mol. The molecule has 2 aliphatic heterocycles. The number of fused-ring (bicyclic) bond motifs is 2. The molecule has 3 aromatic carbocycles. The number of imidazole rings is 1. The number of carbonyl (C=O) groups excluding carboxylic acids is 1. The zero-order valence-electron chi connectivity index (χ0n) is 20.6. The Hall–Kier alpha value is -4.26. The molecule has 0 atom stereocenters. The Morgan fingerprint density at radius 3 is 2.62 bits per heavy atom. The second kappa shape index (κ2) is 10.4. The van der Waals surface area contributed by atoms with Gasteiger partial charge in [0.15, 0.2) is 11.5 Å². The van der Waals surface area contributed by atoms with Crippen molar-refractivity contribution in [2.45, 2.75) is 26.0 Å². The highest BCUT2D eigenvalue weighted by atomic mass is 16.7. The van der Waals surface area contributed by atoms with E-state index in [1.807, 2.05) is 71.6 Å². The molecule has 1 aromatic heterocycles. The van der Waals surface area contributed by atoms with E-state index >= 15 is 0 Å². The van der Waals surface area contributed by atoms with Crippen LogP contribution in [0.5, 0.6) is 17.2 Å². The molecule has 188 valence electrons. The molecule has 0 unspecified atom stereocenters. The van der Waals surface area contributed by atoms with E-state index in [0.29, 0.717) is 12.5 Å². The van der Waals surface area contributed by atoms with E-state index in [1.54, 1.807) is 6.08 Å². The third-order valence-electron chi connectivity index (χ3n) is 7.03. The number of likely N-dealkylation sites (tertiary alicyclic amines) is 1. The molecule has 2 aliphatic rings. The van der Waals surface area contributed by atoms with Gasteiger partial charge in [0, 0.05) is 25.7 Å². The molecule has 7 nitrogen and oxygen atoms in total. The molecule has 37 heavy (non-hydrogen) atoms. The third-order valence-corrected chi connectivity index (χ3v) is 7.03. The van der Waals surface area contributed by atoms with Gasteiger partial charge in [-0.05, 0) is 66.8 Å². The second-order valence-corrected chi connectivity index (χ2v) is 9.44. The van der Waals surface area contributed by atoms with E-state index < -0.39 is 0 Å². The minimum Gasteiger partial charge on any atom is -0.486 e. The number of hydrogen-bond acceptors (Lipinski definition) is 5. The van der Waals surface area contributed by atoms with Crippen LogP contribution in [0.2, 0.25) is 0 Å². The molecular formula is C30H29N3O4. The fourth-order valence-corrected chi connectivity index (χ4v) is 4.99. The first-order chi connectivity index (χ1) is 18.2. The summed E-state index contributed by atoms with van der Waals surface area (Å²) < 4.78 is 19.1. The van der Waals surface area contributed by atoms with Crippen molar-refractivity contribution in [2.24, 2.45) is 5.92 Å². The largest absolute Gasteiger partial charge is 0.486 e. The Morgan fingerprint density at radius 1 is 0.973 bits per heavy atom. The highest BCUT2D eigenvalue weighted by Crippen LogP contribution is 2.33. The minimum absolute atomic E-state index is 0.0427. The van der Waals surface area contributed by atoms with Crippen LogP contribution in [0.4, 0.5) is 0 Å². The first kappa shape index (κ1) is 23.2. The summed E-state index contributed by atoms with van der Waals surface area (Å²) in [6, 6.07) is 23.8. The van der Waals surface area contributed by atoms with Crippen LogP contribution in [0.3, 0.4) is 0 Å². The topological polar surface area (TPSA) is 65.8 Å². The molecule has 0 radical (unpaired) electrons. The maximum Gasteiger partial charge on any atom is 0.246 e. The zero-order chi connectivity index (χ0) is 25.0. The Morgan fingerprint density at radius 2 is 1.76 bits per heavy atom. The maximum atomic E-state index is 12.8. The Kier molecular flexibility index (Phi) is 6.50. The molecule has 0 spiro atoms. The predicted octanol–water partition coefficient (Wildman–Crippen LogP) is 5.30. The van der Waals surface area contributed by atoms with Gasteiger partial charge in [0.05, 0.1) is 11.0 Å². The lowest BCUT2D eigenvalue weighted by atomic mass is 9.96. The van der Waals surface area contributed by atoms with Gasteiger partial charge in [-0.2, -0.15) is 0 Å². The number of ether oxygens (including phenoxy) is 3. The number of amides is 1. The number of para-hydroxylation sites is 3. The average Bonchev–Trinajstić information content (AvgIpc) is 3.56. The van der Waals surface area contributed by atoms with Crippen LogP contribution in [-0.2, 0) is 17.9 Å². The summed E-state index contributed by atoms with van der Waals surface area (Å²) in [7, 11) is 0. The average molecular weight is 496 g/mol. The van der Waals surface area contributed by atoms with E-state index in [0.717, 1.165) is 72.1 Å². The summed E-state index contributed by atoms with van der Waals surface area (Å²) in [6.07, 6.45) is 5.40. The van der Waals surface area contributed by atoms with Crippen molar-refractivity contribution in [3.05, 3.63) is 90.3 Å². The number of carbonyl (C=O) groups is 1. The molecule has 0 saturated carbocycles. The number of aromatic nitrogens is 2. The molecule has 6 rings (SSSR count). The fraction of sp³-hybridized carbons (Fsp3) is 0.267. The van der Waals surface area contributed by atoms with Crippen molar-refractivity contribution < 1.29 is 19.0 Å². The molecule has 0 aliphatic carbocycles. The first-order valence-corrected chi connectivity index (χ1v) is 12.7. The molecule has 0 N–H and O–H groups in total. The zero-order valence-corrected chi connectivity index (χ0v) is 20.6. The Balaban J connectivity index is 1.08. The van der Waals surface area contributed by atoms with Gasteiger partial charge in [0.2, 0.25) is 12.7 Å². The lowest BCUT2D eigenvalue weighted by molar-refractivity contribution is -0.127. The molecule has 0 bridgehead atoms. The number of nitrogens with zero attached hydrogens (tertiary/aromatic N) is 3. The van der Waals surface area contributed by atoms with Crippen molar-refractivity contribution in [1.82, 2.24) is 14.5 Å². The van der Waals surface area contributed by atoms with Gasteiger partial charge in [-0.25, -0.2) is 4.98 Å². The van der Waals surface area contributed by atoms with Crippen LogP contribution in [-0.4, -0.2) is 40.2 Å². The lowest BCUT2D eigenvalue weighted by Crippen LogP contribution is -2.38. The summed E-state index contributed by atoms with van der Waals surface area (Å²) >= 11 is 0. The summed E-state index contributed by atoms with van der Waals surface area (Å²) in [5.74, 6) is 3.73. The van der Waals surface area contributed by atoms with Gasteiger partial charge < -0.3 is 23.7 Å². The highest BCUT2D eigenvalue weighted by Gasteiger charge is 2.24. The molecule has 1 fully saturated rings. The summed E-state index contributed by atoms with van der Waals surface area (Å²) in [5.41, 5.74) is 3.03. The van der Waals surface area contributed by atoms with Gasteiger partial charge in [-0.15, -0.1) is 0 Å². The second-order valence-electron chi connectivity index (χ2n) is 9.44. The predicted molar refractivity (Wildman–Crippen MR) is 141 cm³/mol. The van der Waals surface area contributed by atoms with Crippen LogP contribution < -0.4 is 14.2 Å². The molecule has 7 heteroatoms. The van der Waals surface area contributed by atoms with Crippen LogP contribution in [0.1, 0.15) is 24.2 Å². The van der Waals surface area contributed by atoms with Gasteiger partial charge in [0.25, 0.3) is 0 Å². The monoisotopic (exact) mass is 495 g/mol. The normalized spacial score (nSPS) is 15.5. The highest BCUT2D eigenvalue weighted by molar-refractivity contribution is 5.92. The third kappa shape index (κ3) is 5.16. The van der Waals surface area contributed by atoms with Crippen LogP contribution in [0, 0.1) is 5.92 Å². The molecule has 3 heterocycles. The van der Waals surface area contributed by atoms with E-state index in [-0.39, 0.29) is 12.7 Å². The standard InChI is InChI=1S/C30H29N3O4/c34-30(13-11-22-10-12-27-28(18-22)37-21-36-27)32-16-14-23(15-17-32)19-33-26-9-5-4-8-25(26)31-29(33)20-35-24-6-2-1-3-7-24/h1-13,18,23H,14-17,19-21H2/b13-11+. The number of hydrogen-bond donors (Lipinski definition) is 0. The number of benzene rings is 3. The summed E-state index contributed by atoms with van der Waals surface area (Å²) in [5, 5.41) is 0. The van der Waals surface area contributed by atoms with Crippen LogP contribution >= 0.6 is 0 Å². The maximum absolute atomic E-state index is 12.8. The van der Waals surface area contributed by atoms with Crippen molar-refractivity contribution >= 4 is 23.0 Å². The fourth-order valence-electron chi connectivity index (χ4n) is 4.99. The van der Waals surface area contributed by atoms with E-state index in [1.165, 1.54) is 0 Å². The van der Waals surface area contributed by atoms with E-state index in [4.69, 9.17) is 19.2 Å². The van der Waals surface area contributed by atoms with E-state index in [2.05, 4.69) is 16.7 Å². The molecule has 4 aromatic rings. The van der Waals surface area contributed by atoms with Crippen LogP contribution in [0.25, 0.3) is 17.1 Å². The van der Waals surface area contributed by atoms with Crippen molar-refractivity contribution in [2.75, 3.05) is 19.9 Å². The Bertz CT molecular complexity index is 1420. The molecule has 1 saturated heterocycles. The van der Waals surface area contributed by atoms with Gasteiger partial charge in [-0.3, -0.25) is 4.79 Å². The summed E-state index contributed by atoms with van der Waals surface area (Å²) in [6.45, 7) is 3.02. The van der Waals surface area contributed by atoms with Gasteiger partial charge in [0.1, 0.15) is 18.2 Å². The van der Waals surface area contributed by atoms with Crippen molar-refractivity contribution in [1.29, 1.82) is 0 Å². The van der Waals surface area contributed by atoms with Crippen molar-refractivity contribution in [3.63, 3.8) is 0 Å².